The van der Waals surface area contributed by atoms with Gasteiger partial charge >= 0.3 is 0 Å². The standard InChI is InChI=1S/C16H18BrClN4O/c1-22(2)9-11-4-3-10(16(19)23)5-15(11)21-6-12-13(17)7-20-8-14(12)18/h3-5,7-8,21H,6,9H2,1-2H3,(H2,19,23). The lowest BCUT2D eigenvalue weighted by Crippen LogP contribution is -2.15. The molecule has 2 aromatic rings. The summed E-state index contributed by atoms with van der Waals surface area (Å²) < 4.78 is 0.831. The summed E-state index contributed by atoms with van der Waals surface area (Å²) in [5.41, 5.74) is 8.67. The SMILES string of the molecule is CN(C)Cc1ccc(C(N)=O)cc1NCc1c(Cl)cncc1Br. The molecule has 0 radical (unpaired) electrons. The van der Waals surface area contributed by atoms with Gasteiger partial charge in [-0.3, -0.25) is 9.78 Å². The zero-order chi connectivity index (χ0) is 17.0. The second-order valence-corrected chi connectivity index (χ2v) is 6.67. The number of amides is 1. The van der Waals surface area contributed by atoms with Crippen molar-refractivity contribution in [2.75, 3.05) is 19.4 Å². The summed E-state index contributed by atoms with van der Waals surface area (Å²) in [5.74, 6) is -0.451. The maximum absolute atomic E-state index is 11.4. The van der Waals surface area contributed by atoms with Gasteiger partial charge in [0.1, 0.15) is 0 Å². The Balaban J connectivity index is 2.29. The molecule has 0 unspecified atom stereocenters. The summed E-state index contributed by atoms with van der Waals surface area (Å²) in [5, 5.41) is 3.91. The molecule has 3 N–H and O–H groups in total. The molecule has 122 valence electrons. The van der Waals surface area contributed by atoms with Crippen molar-refractivity contribution >= 4 is 39.1 Å². The number of nitrogens with two attached hydrogens (primary N) is 1. The lowest BCUT2D eigenvalue weighted by Gasteiger charge is -2.17. The van der Waals surface area contributed by atoms with Gasteiger partial charge in [-0.1, -0.05) is 17.7 Å². The largest absolute Gasteiger partial charge is 0.381 e. The van der Waals surface area contributed by atoms with E-state index in [1.165, 1.54) is 0 Å². The normalized spacial score (nSPS) is 10.8. The molecular formula is C16H18BrClN4O. The highest BCUT2D eigenvalue weighted by Gasteiger charge is 2.10. The van der Waals surface area contributed by atoms with Crippen LogP contribution in [0.2, 0.25) is 5.02 Å². The minimum atomic E-state index is -0.451. The monoisotopic (exact) mass is 396 g/mol. The molecule has 1 amide bonds. The molecular weight excluding hydrogens is 380 g/mol. The molecule has 0 aliphatic rings. The molecule has 0 atom stereocenters. The first kappa shape index (κ1) is 17.7. The molecule has 7 heteroatoms. The summed E-state index contributed by atoms with van der Waals surface area (Å²) in [6, 6.07) is 5.41. The first-order valence-corrected chi connectivity index (χ1v) is 8.14. The van der Waals surface area contributed by atoms with E-state index < -0.39 is 5.91 Å². The minimum Gasteiger partial charge on any atom is -0.381 e. The van der Waals surface area contributed by atoms with Crippen molar-refractivity contribution < 1.29 is 4.79 Å². The molecule has 0 aliphatic carbocycles. The van der Waals surface area contributed by atoms with Crippen LogP contribution >= 0.6 is 27.5 Å². The zero-order valence-electron chi connectivity index (χ0n) is 12.9. The van der Waals surface area contributed by atoms with E-state index in [4.69, 9.17) is 17.3 Å². The number of pyridine rings is 1. The highest BCUT2D eigenvalue weighted by atomic mass is 79.9. The maximum atomic E-state index is 11.4. The Morgan fingerprint density at radius 3 is 2.74 bits per heavy atom. The van der Waals surface area contributed by atoms with E-state index in [-0.39, 0.29) is 0 Å². The summed E-state index contributed by atoms with van der Waals surface area (Å²) in [7, 11) is 3.98. The van der Waals surface area contributed by atoms with Gasteiger partial charge < -0.3 is 16.0 Å². The van der Waals surface area contributed by atoms with Crippen LogP contribution in [0, 0.1) is 0 Å². The van der Waals surface area contributed by atoms with Crippen molar-refractivity contribution in [3.8, 4) is 0 Å². The number of carbonyl (C=O) groups is 1. The second-order valence-electron chi connectivity index (χ2n) is 5.41. The Labute approximate surface area is 149 Å². The predicted molar refractivity (Wildman–Crippen MR) is 96.6 cm³/mol. The number of aromatic nitrogens is 1. The maximum Gasteiger partial charge on any atom is 0.248 e. The first-order chi connectivity index (χ1) is 10.9. The number of primary amides is 1. The van der Waals surface area contributed by atoms with Gasteiger partial charge in [-0.25, -0.2) is 0 Å². The number of carbonyl (C=O) groups excluding carboxylic acids is 1. The Bertz CT molecular complexity index is 701. The molecule has 0 fully saturated rings. The van der Waals surface area contributed by atoms with Gasteiger partial charge in [0.15, 0.2) is 0 Å². The van der Waals surface area contributed by atoms with E-state index in [1.54, 1.807) is 24.5 Å². The quantitative estimate of drug-likeness (QED) is 0.785. The van der Waals surface area contributed by atoms with Gasteiger partial charge in [0.2, 0.25) is 5.91 Å². The Kier molecular flexibility index (Phi) is 5.98. The van der Waals surface area contributed by atoms with Crippen LogP contribution in [0.4, 0.5) is 5.69 Å². The third-order valence-corrected chi connectivity index (χ3v) is 4.30. The van der Waals surface area contributed by atoms with Gasteiger partial charge in [0, 0.05) is 46.8 Å². The molecule has 2 rings (SSSR count). The van der Waals surface area contributed by atoms with Crippen molar-refractivity contribution in [3.63, 3.8) is 0 Å². The van der Waals surface area contributed by atoms with Crippen LogP contribution in [-0.4, -0.2) is 29.9 Å². The Morgan fingerprint density at radius 1 is 1.39 bits per heavy atom. The van der Waals surface area contributed by atoms with Crippen LogP contribution in [0.3, 0.4) is 0 Å². The molecule has 1 heterocycles. The van der Waals surface area contributed by atoms with E-state index in [0.717, 1.165) is 27.8 Å². The minimum absolute atomic E-state index is 0.451. The lowest BCUT2D eigenvalue weighted by molar-refractivity contribution is 0.100. The molecule has 23 heavy (non-hydrogen) atoms. The number of anilines is 1. The van der Waals surface area contributed by atoms with Gasteiger partial charge in [-0.05, 0) is 47.7 Å². The number of benzene rings is 1. The zero-order valence-corrected chi connectivity index (χ0v) is 15.3. The highest BCUT2D eigenvalue weighted by molar-refractivity contribution is 9.10. The van der Waals surface area contributed by atoms with Gasteiger partial charge in [-0.2, -0.15) is 0 Å². The predicted octanol–water partition coefficient (Wildman–Crippen LogP) is 3.27. The lowest BCUT2D eigenvalue weighted by atomic mass is 10.1. The number of halogens is 2. The fourth-order valence-corrected chi connectivity index (χ4v) is 2.97. The van der Waals surface area contributed by atoms with Crippen LogP contribution in [0.15, 0.2) is 35.1 Å². The van der Waals surface area contributed by atoms with E-state index in [2.05, 4.69) is 31.1 Å². The smallest absolute Gasteiger partial charge is 0.248 e. The molecule has 0 saturated carbocycles. The Hall–Kier alpha value is -1.63. The number of rotatable bonds is 6. The van der Waals surface area contributed by atoms with Crippen LogP contribution < -0.4 is 11.1 Å². The van der Waals surface area contributed by atoms with E-state index in [0.29, 0.717) is 17.1 Å². The Morgan fingerprint density at radius 2 is 2.13 bits per heavy atom. The molecule has 5 nitrogen and oxygen atoms in total. The third-order valence-electron chi connectivity index (χ3n) is 3.29. The van der Waals surface area contributed by atoms with E-state index in [1.807, 2.05) is 20.2 Å². The molecule has 0 aliphatic heterocycles. The number of hydrogen-bond acceptors (Lipinski definition) is 4. The summed E-state index contributed by atoms with van der Waals surface area (Å²) in [6.45, 7) is 1.25. The number of nitrogens with one attached hydrogen (secondary N) is 1. The van der Waals surface area contributed by atoms with Crippen LogP contribution in [0.25, 0.3) is 0 Å². The average Bonchev–Trinajstić information content (AvgIpc) is 2.47. The second kappa shape index (κ2) is 7.77. The van der Waals surface area contributed by atoms with E-state index >= 15 is 0 Å². The van der Waals surface area contributed by atoms with Crippen LogP contribution in [-0.2, 0) is 13.1 Å². The van der Waals surface area contributed by atoms with Crippen LogP contribution in [0.1, 0.15) is 21.5 Å². The van der Waals surface area contributed by atoms with Crippen LogP contribution in [0.5, 0.6) is 0 Å². The summed E-state index contributed by atoms with van der Waals surface area (Å²) in [6.07, 6.45) is 3.30. The number of nitrogens with zero attached hydrogens (tertiary/aromatic N) is 2. The van der Waals surface area contributed by atoms with Crippen molar-refractivity contribution in [1.29, 1.82) is 0 Å². The summed E-state index contributed by atoms with van der Waals surface area (Å²) in [4.78, 5) is 17.5. The van der Waals surface area contributed by atoms with Crippen molar-refractivity contribution in [3.05, 3.63) is 56.8 Å². The van der Waals surface area contributed by atoms with Gasteiger partial charge in [0.25, 0.3) is 0 Å². The van der Waals surface area contributed by atoms with Crippen molar-refractivity contribution in [2.24, 2.45) is 5.73 Å². The average molecular weight is 398 g/mol. The van der Waals surface area contributed by atoms with Crippen molar-refractivity contribution in [1.82, 2.24) is 9.88 Å². The topological polar surface area (TPSA) is 71.2 Å². The molecule has 0 saturated heterocycles. The molecule has 1 aromatic carbocycles. The summed E-state index contributed by atoms with van der Waals surface area (Å²) >= 11 is 9.63. The van der Waals surface area contributed by atoms with E-state index in [9.17, 15) is 4.79 Å². The molecule has 1 aromatic heterocycles. The fraction of sp³-hybridized carbons (Fsp3) is 0.250. The van der Waals surface area contributed by atoms with Crippen molar-refractivity contribution in [2.45, 2.75) is 13.1 Å². The van der Waals surface area contributed by atoms with Gasteiger partial charge in [-0.15, -0.1) is 0 Å². The highest BCUT2D eigenvalue weighted by Crippen LogP contribution is 2.26. The third kappa shape index (κ3) is 4.67. The van der Waals surface area contributed by atoms with Gasteiger partial charge in [0.05, 0.1) is 5.02 Å². The molecule has 0 bridgehead atoms. The molecule has 0 spiro atoms. The first-order valence-electron chi connectivity index (χ1n) is 6.97. The fourth-order valence-electron chi connectivity index (χ4n) is 2.16. The number of hydrogen-bond donors (Lipinski definition) is 2.